The van der Waals surface area contributed by atoms with E-state index in [4.69, 9.17) is 4.42 Å². The molecule has 0 atom stereocenters. The van der Waals surface area contributed by atoms with E-state index in [0.717, 1.165) is 17.4 Å². The van der Waals surface area contributed by atoms with Crippen LogP contribution < -0.4 is 10.6 Å². The summed E-state index contributed by atoms with van der Waals surface area (Å²) in [4.78, 5) is 30.4. The first-order chi connectivity index (χ1) is 13.6. The van der Waals surface area contributed by atoms with Gasteiger partial charge in [-0.3, -0.25) is 9.78 Å². The second-order valence-corrected chi connectivity index (χ2v) is 6.32. The summed E-state index contributed by atoms with van der Waals surface area (Å²) in [7, 11) is 0. The highest BCUT2D eigenvalue weighted by atomic mass is 16.3. The third kappa shape index (κ3) is 4.49. The Bertz CT molecular complexity index is 949. The molecule has 28 heavy (non-hydrogen) atoms. The van der Waals surface area contributed by atoms with Gasteiger partial charge in [-0.05, 0) is 50.1 Å². The number of hydrogen-bond donors (Lipinski definition) is 2. The number of anilines is 1. The van der Waals surface area contributed by atoms with E-state index >= 15 is 0 Å². The van der Waals surface area contributed by atoms with Crippen LogP contribution in [0.25, 0.3) is 11.0 Å². The van der Waals surface area contributed by atoms with Crippen LogP contribution in [0.2, 0.25) is 0 Å². The van der Waals surface area contributed by atoms with Crippen molar-refractivity contribution >= 4 is 28.6 Å². The standard InChI is InChI=1S/C21H24N4O3/c1-3-25(4-2)20(26)18-14-28-19-13-16(5-6-17(18)19)24-21(27)23-12-9-15-7-10-22-11-8-15/h5-8,10-11,13-14H,3-4,9,12H2,1-2H3,(H2,23,24,27). The zero-order valence-electron chi connectivity index (χ0n) is 16.1. The monoisotopic (exact) mass is 380 g/mol. The number of urea groups is 1. The van der Waals surface area contributed by atoms with Crippen molar-refractivity contribution in [1.29, 1.82) is 0 Å². The highest BCUT2D eigenvalue weighted by molar-refractivity contribution is 6.06. The summed E-state index contributed by atoms with van der Waals surface area (Å²) < 4.78 is 5.55. The van der Waals surface area contributed by atoms with E-state index in [-0.39, 0.29) is 11.9 Å². The molecule has 0 saturated carbocycles. The lowest BCUT2D eigenvalue weighted by Gasteiger charge is -2.17. The topological polar surface area (TPSA) is 87.5 Å². The molecule has 0 unspecified atom stereocenters. The first-order valence-corrected chi connectivity index (χ1v) is 9.36. The Hall–Kier alpha value is -3.35. The van der Waals surface area contributed by atoms with Crippen LogP contribution in [-0.2, 0) is 6.42 Å². The van der Waals surface area contributed by atoms with Crippen molar-refractivity contribution in [3.05, 3.63) is 60.1 Å². The van der Waals surface area contributed by atoms with E-state index < -0.39 is 0 Å². The Morgan fingerprint density at radius 1 is 1.11 bits per heavy atom. The third-order valence-corrected chi connectivity index (χ3v) is 4.56. The molecule has 1 aromatic carbocycles. The SMILES string of the molecule is CCN(CC)C(=O)c1coc2cc(NC(=O)NCCc3ccncc3)ccc12. The number of fused-ring (bicyclic) bond motifs is 1. The van der Waals surface area contributed by atoms with Crippen LogP contribution in [0.3, 0.4) is 0 Å². The number of nitrogens with one attached hydrogen (secondary N) is 2. The van der Waals surface area contributed by atoms with Gasteiger partial charge in [0.1, 0.15) is 11.8 Å². The van der Waals surface area contributed by atoms with Gasteiger partial charge in [0.25, 0.3) is 5.91 Å². The smallest absolute Gasteiger partial charge is 0.319 e. The minimum atomic E-state index is -0.292. The van der Waals surface area contributed by atoms with E-state index in [1.165, 1.54) is 6.26 Å². The van der Waals surface area contributed by atoms with E-state index in [9.17, 15) is 9.59 Å². The number of benzene rings is 1. The first kappa shape index (κ1) is 19.4. The summed E-state index contributed by atoms with van der Waals surface area (Å²) >= 11 is 0. The maximum atomic E-state index is 12.6. The van der Waals surface area contributed by atoms with Crippen LogP contribution in [0.15, 0.2) is 53.4 Å². The number of hydrogen-bond acceptors (Lipinski definition) is 4. The molecule has 0 saturated heterocycles. The number of carbonyl (C=O) groups is 2. The lowest BCUT2D eigenvalue weighted by atomic mass is 10.1. The Balaban J connectivity index is 1.61. The number of aromatic nitrogens is 1. The van der Waals surface area contributed by atoms with Gasteiger partial charge >= 0.3 is 6.03 Å². The maximum Gasteiger partial charge on any atom is 0.319 e. The number of rotatable bonds is 7. The second kappa shape index (κ2) is 9.03. The number of furan rings is 1. The van der Waals surface area contributed by atoms with Crippen LogP contribution >= 0.6 is 0 Å². The van der Waals surface area contributed by atoms with Gasteiger partial charge in [-0.25, -0.2) is 4.79 Å². The normalized spacial score (nSPS) is 10.6. The molecule has 2 heterocycles. The molecule has 2 N–H and O–H groups in total. The Kier molecular flexibility index (Phi) is 6.26. The molecule has 146 valence electrons. The molecular formula is C21H24N4O3. The van der Waals surface area contributed by atoms with E-state index in [2.05, 4.69) is 15.6 Å². The molecule has 7 nitrogen and oxygen atoms in total. The van der Waals surface area contributed by atoms with Crippen LogP contribution in [0.4, 0.5) is 10.5 Å². The number of pyridine rings is 1. The largest absolute Gasteiger partial charge is 0.463 e. The van der Waals surface area contributed by atoms with E-state index in [1.54, 1.807) is 35.5 Å². The molecule has 0 spiro atoms. The highest BCUT2D eigenvalue weighted by Gasteiger charge is 2.18. The fourth-order valence-corrected chi connectivity index (χ4v) is 3.00. The molecule has 2 aromatic heterocycles. The number of amides is 3. The van der Waals surface area contributed by atoms with Crippen molar-refractivity contribution in [2.24, 2.45) is 0 Å². The summed E-state index contributed by atoms with van der Waals surface area (Å²) in [6.45, 7) is 5.68. The molecule has 0 aliphatic heterocycles. The van der Waals surface area contributed by atoms with Crippen LogP contribution in [0.5, 0.6) is 0 Å². The van der Waals surface area contributed by atoms with Crippen molar-refractivity contribution in [1.82, 2.24) is 15.2 Å². The molecule has 0 bridgehead atoms. The van der Waals surface area contributed by atoms with Gasteiger partial charge in [-0.2, -0.15) is 0 Å². The molecule has 0 radical (unpaired) electrons. The highest BCUT2D eigenvalue weighted by Crippen LogP contribution is 2.25. The van der Waals surface area contributed by atoms with Crippen molar-refractivity contribution in [2.45, 2.75) is 20.3 Å². The van der Waals surface area contributed by atoms with Gasteiger partial charge in [0.2, 0.25) is 0 Å². The Morgan fingerprint density at radius 3 is 2.57 bits per heavy atom. The minimum Gasteiger partial charge on any atom is -0.463 e. The molecule has 7 heteroatoms. The molecule has 3 aromatic rings. The average Bonchev–Trinajstić information content (AvgIpc) is 3.13. The Morgan fingerprint density at radius 2 is 1.86 bits per heavy atom. The fraction of sp³-hybridized carbons (Fsp3) is 0.286. The Labute approximate surface area is 163 Å². The molecule has 0 aliphatic carbocycles. The minimum absolute atomic E-state index is 0.0571. The van der Waals surface area contributed by atoms with Gasteiger partial charge in [0.05, 0.1) is 5.56 Å². The molecule has 3 rings (SSSR count). The average molecular weight is 380 g/mol. The van der Waals surface area contributed by atoms with Crippen molar-refractivity contribution in [2.75, 3.05) is 25.0 Å². The zero-order valence-corrected chi connectivity index (χ0v) is 16.1. The number of nitrogens with zero attached hydrogens (tertiary/aromatic N) is 2. The van der Waals surface area contributed by atoms with Crippen LogP contribution in [0, 0.1) is 0 Å². The summed E-state index contributed by atoms with van der Waals surface area (Å²) in [5.41, 5.74) is 2.81. The van der Waals surface area contributed by atoms with Gasteiger partial charge in [0, 0.05) is 49.2 Å². The van der Waals surface area contributed by atoms with E-state index in [1.807, 2.05) is 26.0 Å². The fourth-order valence-electron chi connectivity index (χ4n) is 3.00. The van der Waals surface area contributed by atoms with Gasteiger partial charge in [0.15, 0.2) is 0 Å². The lowest BCUT2D eigenvalue weighted by molar-refractivity contribution is 0.0774. The quantitative estimate of drug-likeness (QED) is 0.655. The van der Waals surface area contributed by atoms with Crippen molar-refractivity contribution in [3.63, 3.8) is 0 Å². The predicted octanol–water partition coefficient (Wildman–Crippen LogP) is 3.67. The van der Waals surface area contributed by atoms with Gasteiger partial charge < -0.3 is 20.0 Å². The summed E-state index contributed by atoms with van der Waals surface area (Å²) in [6.07, 6.45) is 5.66. The van der Waals surface area contributed by atoms with Gasteiger partial charge in [-0.15, -0.1) is 0 Å². The van der Waals surface area contributed by atoms with E-state index in [0.29, 0.717) is 36.5 Å². The second-order valence-electron chi connectivity index (χ2n) is 6.32. The maximum absolute atomic E-state index is 12.6. The summed E-state index contributed by atoms with van der Waals surface area (Å²) in [5.74, 6) is -0.0571. The third-order valence-electron chi connectivity index (χ3n) is 4.56. The van der Waals surface area contributed by atoms with Crippen molar-refractivity contribution in [3.8, 4) is 0 Å². The lowest BCUT2D eigenvalue weighted by Crippen LogP contribution is -2.30. The van der Waals surface area contributed by atoms with Crippen molar-refractivity contribution < 1.29 is 14.0 Å². The first-order valence-electron chi connectivity index (χ1n) is 9.36. The van der Waals surface area contributed by atoms with Gasteiger partial charge in [-0.1, -0.05) is 0 Å². The summed E-state index contributed by atoms with van der Waals surface area (Å²) in [5, 5.41) is 6.34. The van der Waals surface area contributed by atoms with Crippen LogP contribution in [0.1, 0.15) is 29.8 Å². The molecule has 0 fully saturated rings. The molecule has 0 aliphatic rings. The summed E-state index contributed by atoms with van der Waals surface area (Å²) in [6, 6.07) is 8.82. The number of carbonyl (C=O) groups excluding carboxylic acids is 2. The zero-order chi connectivity index (χ0) is 19.9. The molecule has 3 amide bonds. The molecular weight excluding hydrogens is 356 g/mol. The predicted molar refractivity (Wildman–Crippen MR) is 108 cm³/mol. The van der Waals surface area contributed by atoms with Crippen LogP contribution in [-0.4, -0.2) is 41.5 Å².